The normalized spacial score (nSPS) is 15.9. The maximum Gasteiger partial charge on any atom is 0.325 e. The Kier molecular flexibility index (Phi) is 5.83. The minimum atomic E-state index is -0.861. The number of hydrogen-bond donors (Lipinski definition) is 2. The number of para-hydroxylation sites is 2. The highest BCUT2D eigenvalue weighted by atomic mass is 16.5. The Bertz CT molecular complexity index is 1110. The summed E-state index contributed by atoms with van der Waals surface area (Å²) in [5.74, 6) is -0.00914. The van der Waals surface area contributed by atoms with Gasteiger partial charge >= 0.3 is 6.03 Å². The Morgan fingerprint density at radius 1 is 1.16 bits per heavy atom. The number of imide groups is 1. The summed E-state index contributed by atoms with van der Waals surface area (Å²) < 4.78 is 7.06. The Balaban J connectivity index is 1.28. The number of methoxy groups -OCH3 is 1. The average Bonchev–Trinajstić information content (AvgIpc) is 3.30. The number of nitrogens with one attached hydrogen (secondary N) is 2. The van der Waals surface area contributed by atoms with E-state index in [9.17, 15) is 14.4 Å². The van der Waals surface area contributed by atoms with Crippen LogP contribution in [0.25, 0.3) is 11.0 Å². The van der Waals surface area contributed by atoms with Gasteiger partial charge in [-0.25, -0.2) is 9.78 Å². The summed E-state index contributed by atoms with van der Waals surface area (Å²) in [4.78, 5) is 42.6. The van der Waals surface area contributed by atoms with Crippen LogP contribution in [-0.4, -0.2) is 52.0 Å². The van der Waals surface area contributed by atoms with Crippen LogP contribution in [-0.2, 0) is 22.7 Å². The SMILES string of the molecule is COc1ccc(CN2C(=O)N[C@H](CC(=O)NCCn3cnc4ccccc43)C2=O)cc1. The Morgan fingerprint density at radius 3 is 2.71 bits per heavy atom. The number of ether oxygens (including phenoxy) is 1. The molecule has 1 aromatic heterocycles. The molecule has 1 saturated heterocycles. The van der Waals surface area contributed by atoms with Gasteiger partial charge in [0.2, 0.25) is 5.91 Å². The first kappa shape index (κ1) is 20.4. The molecule has 0 saturated carbocycles. The number of aromatic nitrogens is 2. The lowest BCUT2D eigenvalue weighted by Crippen LogP contribution is -2.37. The second-order valence-electron chi connectivity index (χ2n) is 7.26. The van der Waals surface area contributed by atoms with E-state index in [1.165, 1.54) is 0 Å². The number of carbonyl (C=O) groups excluding carboxylic acids is 3. The van der Waals surface area contributed by atoms with Crippen molar-refractivity contribution < 1.29 is 19.1 Å². The summed E-state index contributed by atoms with van der Waals surface area (Å²) >= 11 is 0. The van der Waals surface area contributed by atoms with Gasteiger partial charge < -0.3 is 19.9 Å². The monoisotopic (exact) mass is 421 g/mol. The van der Waals surface area contributed by atoms with Crippen molar-refractivity contribution >= 4 is 28.9 Å². The molecule has 0 aliphatic carbocycles. The number of nitrogens with zero attached hydrogens (tertiary/aromatic N) is 3. The molecule has 1 aliphatic heterocycles. The minimum absolute atomic E-state index is 0.103. The Hall–Kier alpha value is -3.88. The van der Waals surface area contributed by atoms with E-state index in [-0.39, 0.29) is 18.9 Å². The molecule has 4 rings (SSSR count). The van der Waals surface area contributed by atoms with Crippen LogP contribution < -0.4 is 15.4 Å². The van der Waals surface area contributed by atoms with Crippen molar-refractivity contribution in [1.82, 2.24) is 25.1 Å². The quantitative estimate of drug-likeness (QED) is 0.539. The summed E-state index contributed by atoms with van der Waals surface area (Å²) in [6.07, 6.45) is 1.63. The molecule has 160 valence electrons. The van der Waals surface area contributed by atoms with Gasteiger partial charge in [-0.05, 0) is 29.8 Å². The molecule has 9 heteroatoms. The Morgan fingerprint density at radius 2 is 1.94 bits per heavy atom. The third kappa shape index (κ3) is 4.50. The average molecular weight is 421 g/mol. The van der Waals surface area contributed by atoms with E-state index in [1.54, 1.807) is 37.7 Å². The number of fused-ring (bicyclic) bond motifs is 1. The van der Waals surface area contributed by atoms with E-state index in [0.717, 1.165) is 21.5 Å². The third-order valence-corrected chi connectivity index (χ3v) is 5.20. The van der Waals surface area contributed by atoms with E-state index in [4.69, 9.17) is 4.74 Å². The molecular weight excluding hydrogens is 398 g/mol. The van der Waals surface area contributed by atoms with Crippen LogP contribution in [0.2, 0.25) is 0 Å². The molecule has 2 heterocycles. The topological polar surface area (TPSA) is 106 Å². The summed E-state index contributed by atoms with van der Waals surface area (Å²) in [7, 11) is 1.57. The molecule has 0 unspecified atom stereocenters. The molecule has 0 bridgehead atoms. The van der Waals surface area contributed by atoms with Crippen LogP contribution in [0.3, 0.4) is 0 Å². The first-order valence-electron chi connectivity index (χ1n) is 9.96. The molecule has 0 spiro atoms. The van der Waals surface area contributed by atoms with Crippen molar-refractivity contribution in [2.24, 2.45) is 0 Å². The molecule has 1 fully saturated rings. The molecule has 1 aliphatic rings. The lowest BCUT2D eigenvalue weighted by atomic mass is 10.1. The van der Waals surface area contributed by atoms with Crippen LogP contribution >= 0.6 is 0 Å². The summed E-state index contributed by atoms with van der Waals surface area (Å²) in [6.45, 7) is 1.09. The second kappa shape index (κ2) is 8.86. The molecular formula is C22H23N5O4. The van der Waals surface area contributed by atoms with Crippen LogP contribution in [0.5, 0.6) is 5.75 Å². The van der Waals surface area contributed by atoms with Gasteiger partial charge in [0.15, 0.2) is 0 Å². The predicted octanol–water partition coefficient (Wildman–Crippen LogP) is 1.67. The van der Waals surface area contributed by atoms with Gasteiger partial charge in [0, 0.05) is 13.1 Å². The maximum absolute atomic E-state index is 12.6. The molecule has 2 N–H and O–H groups in total. The first-order valence-corrected chi connectivity index (χ1v) is 9.96. The van der Waals surface area contributed by atoms with Crippen molar-refractivity contribution in [3.8, 4) is 5.75 Å². The molecule has 9 nitrogen and oxygen atoms in total. The van der Waals surface area contributed by atoms with Crippen molar-refractivity contribution in [2.75, 3.05) is 13.7 Å². The number of amides is 4. The van der Waals surface area contributed by atoms with Gasteiger partial charge in [-0.1, -0.05) is 24.3 Å². The predicted molar refractivity (Wildman–Crippen MR) is 113 cm³/mol. The fourth-order valence-corrected chi connectivity index (χ4v) is 3.54. The summed E-state index contributed by atoms with van der Waals surface area (Å²) in [5.41, 5.74) is 2.68. The third-order valence-electron chi connectivity index (χ3n) is 5.20. The van der Waals surface area contributed by atoms with Gasteiger partial charge in [-0.2, -0.15) is 0 Å². The molecule has 3 aromatic rings. The van der Waals surface area contributed by atoms with Crippen LogP contribution in [0.15, 0.2) is 54.9 Å². The highest BCUT2D eigenvalue weighted by Gasteiger charge is 2.38. The molecule has 0 radical (unpaired) electrons. The van der Waals surface area contributed by atoms with Gasteiger partial charge in [0.1, 0.15) is 11.8 Å². The lowest BCUT2D eigenvalue weighted by Gasteiger charge is -2.13. The highest BCUT2D eigenvalue weighted by Crippen LogP contribution is 2.17. The standard InChI is InChI=1S/C22H23N5O4/c1-31-16-8-6-15(7-9-16)13-27-21(29)18(25-22(27)30)12-20(28)23-10-11-26-14-24-17-4-2-3-5-19(17)26/h2-9,14,18H,10-13H2,1H3,(H,23,28)(H,25,30)/t18-/m1/s1. The molecule has 2 aromatic carbocycles. The van der Waals surface area contributed by atoms with Crippen LogP contribution in [0.4, 0.5) is 4.79 Å². The summed E-state index contributed by atoms with van der Waals surface area (Å²) in [6, 6.07) is 13.5. The second-order valence-corrected chi connectivity index (χ2v) is 7.26. The number of imidazole rings is 1. The molecule has 31 heavy (non-hydrogen) atoms. The van der Waals surface area contributed by atoms with Crippen LogP contribution in [0, 0.1) is 0 Å². The number of benzene rings is 2. The zero-order valence-corrected chi connectivity index (χ0v) is 17.1. The zero-order valence-electron chi connectivity index (χ0n) is 17.1. The number of rotatable bonds is 8. The van der Waals surface area contributed by atoms with Crippen molar-refractivity contribution in [3.05, 3.63) is 60.4 Å². The first-order chi connectivity index (χ1) is 15.0. The molecule has 4 amide bonds. The molecule has 1 atom stereocenters. The van der Waals surface area contributed by atoms with E-state index in [0.29, 0.717) is 18.8 Å². The maximum atomic E-state index is 12.6. The Labute approximate surface area is 179 Å². The number of carbonyl (C=O) groups is 3. The largest absolute Gasteiger partial charge is 0.497 e. The fourth-order valence-electron chi connectivity index (χ4n) is 3.54. The van der Waals surface area contributed by atoms with Crippen molar-refractivity contribution in [1.29, 1.82) is 0 Å². The lowest BCUT2D eigenvalue weighted by molar-refractivity contribution is -0.131. The van der Waals surface area contributed by atoms with Gasteiger partial charge in [0.25, 0.3) is 5.91 Å². The minimum Gasteiger partial charge on any atom is -0.497 e. The smallest absolute Gasteiger partial charge is 0.325 e. The number of hydrogen-bond acceptors (Lipinski definition) is 5. The highest BCUT2D eigenvalue weighted by molar-refractivity contribution is 6.05. The fraction of sp³-hybridized carbons (Fsp3) is 0.273. The zero-order chi connectivity index (χ0) is 21.8. The van der Waals surface area contributed by atoms with Crippen LogP contribution in [0.1, 0.15) is 12.0 Å². The number of urea groups is 1. The van der Waals surface area contributed by atoms with E-state index in [1.807, 2.05) is 28.8 Å². The van der Waals surface area contributed by atoms with Crippen molar-refractivity contribution in [2.45, 2.75) is 25.6 Å². The summed E-state index contributed by atoms with van der Waals surface area (Å²) in [5, 5.41) is 5.39. The van der Waals surface area contributed by atoms with Gasteiger partial charge in [0.05, 0.1) is 37.4 Å². The van der Waals surface area contributed by atoms with E-state index >= 15 is 0 Å². The van der Waals surface area contributed by atoms with E-state index in [2.05, 4.69) is 15.6 Å². The van der Waals surface area contributed by atoms with Gasteiger partial charge in [-0.15, -0.1) is 0 Å². The van der Waals surface area contributed by atoms with E-state index < -0.39 is 18.0 Å². The van der Waals surface area contributed by atoms with Crippen molar-refractivity contribution in [3.63, 3.8) is 0 Å². The van der Waals surface area contributed by atoms with Gasteiger partial charge in [-0.3, -0.25) is 14.5 Å².